The number of nitrogens with zero attached hydrogens (tertiary/aromatic N) is 4. The highest BCUT2D eigenvalue weighted by Crippen LogP contribution is 2.42. The number of hydrogen-bond donors (Lipinski definition) is 1. The van der Waals surface area contributed by atoms with Crippen LogP contribution in [0.3, 0.4) is 0 Å². The van der Waals surface area contributed by atoms with E-state index in [-0.39, 0.29) is 11.8 Å². The maximum Gasteiger partial charge on any atom is 0.226 e. The molecule has 3 heterocycles. The molecule has 1 saturated heterocycles. The van der Waals surface area contributed by atoms with Crippen molar-refractivity contribution >= 4 is 23.2 Å². The van der Waals surface area contributed by atoms with Crippen molar-refractivity contribution in [3.8, 4) is 0 Å². The highest BCUT2D eigenvalue weighted by atomic mass is 35.5. The summed E-state index contributed by atoms with van der Waals surface area (Å²) in [7, 11) is 0. The molecule has 1 aromatic carbocycles. The van der Waals surface area contributed by atoms with Crippen molar-refractivity contribution < 1.29 is 10.0 Å². The monoisotopic (exact) mass is 460 g/mol. The third-order valence-electron chi connectivity index (χ3n) is 6.83. The van der Waals surface area contributed by atoms with Crippen molar-refractivity contribution in [1.82, 2.24) is 14.9 Å². The van der Waals surface area contributed by atoms with E-state index >= 15 is 0 Å². The Hall–Kier alpha value is -3.25. The minimum absolute atomic E-state index is 0.0603. The predicted octanol–water partition coefficient (Wildman–Crippen LogP) is 4.48. The Bertz CT molecular complexity index is 1190. The van der Waals surface area contributed by atoms with Crippen molar-refractivity contribution in [2.24, 2.45) is 11.1 Å². The van der Waals surface area contributed by atoms with Crippen LogP contribution in [0.1, 0.15) is 46.7 Å². The van der Waals surface area contributed by atoms with Crippen LogP contribution in [0.5, 0.6) is 0 Å². The number of carbonyl (C=O) groups excluding carboxylic acids is 1. The van der Waals surface area contributed by atoms with Crippen LogP contribution in [0.15, 0.2) is 66.2 Å². The van der Waals surface area contributed by atoms with Gasteiger partial charge in [-0.3, -0.25) is 14.8 Å². The Balaban J connectivity index is 1.42. The SMILES string of the molecule is O=C(Cc1ccncc1)N1CCC(C2c3ccc(Cl)cc3C(=NO)Cc3cccnc32)CC1. The van der Waals surface area contributed by atoms with E-state index in [1.54, 1.807) is 12.4 Å². The second-order valence-electron chi connectivity index (χ2n) is 8.73. The van der Waals surface area contributed by atoms with Gasteiger partial charge in [0, 0.05) is 54.6 Å². The number of rotatable bonds is 3. The average molecular weight is 461 g/mol. The summed E-state index contributed by atoms with van der Waals surface area (Å²) in [5.41, 5.74) is 5.66. The lowest BCUT2D eigenvalue weighted by atomic mass is 9.76. The number of piperidine rings is 1. The molecule has 1 N–H and O–H groups in total. The van der Waals surface area contributed by atoms with E-state index in [0.29, 0.717) is 29.5 Å². The van der Waals surface area contributed by atoms with Crippen molar-refractivity contribution in [2.75, 3.05) is 13.1 Å². The number of amides is 1. The van der Waals surface area contributed by atoms with Crippen LogP contribution >= 0.6 is 11.6 Å². The van der Waals surface area contributed by atoms with Gasteiger partial charge in [-0.15, -0.1) is 0 Å². The second-order valence-corrected chi connectivity index (χ2v) is 9.17. The molecule has 1 fully saturated rings. The molecule has 1 atom stereocenters. The molecule has 1 aliphatic carbocycles. The van der Waals surface area contributed by atoms with Crippen LogP contribution < -0.4 is 0 Å². The summed E-state index contributed by atoms with van der Waals surface area (Å²) in [6.07, 6.45) is 7.95. The number of aromatic nitrogens is 2. The van der Waals surface area contributed by atoms with E-state index in [9.17, 15) is 10.0 Å². The molecule has 6 nitrogen and oxygen atoms in total. The normalized spacial score (nSPS) is 19.6. The number of benzene rings is 1. The molecule has 0 radical (unpaired) electrons. The third-order valence-corrected chi connectivity index (χ3v) is 7.06. The highest BCUT2D eigenvalue weighted by molar-refractivity contribution is 6.31. The molecule has 2 aromatic heterocycles. The van der Waals surface area contributed by atoms with E-state index < -0.39 is 0 Å². The van der Waals surface area contributed by atoms with Gasteiger partial charge in [0.2, 0.25) is 5.91 Å². The van der Waals surface area contributed by atoms with Gasteiger partial charge in [0.05, 0.1) is 17.8 Å². The number of fused-ring (bicyclic) bond motifs is 2. The van der Waals surface area contributed by atoms with Crippen LogP contribution in [-0.2, 0) is 17.6 Å². The Morgan fingerprint density at radius 1 is 1.12 bits per heavy atom. The quantitative estimate of drug-likeness (QED) is 0.461. The van der Waals surface area contributed by atoms with Gasteiger partial charge in [-0.25, -0.2) is 0 Å². The van der Waals surface area contributed by atoms with Gasteiger partial charge in [-0.1, -0.05) is 28.9 Å². The summed E-state index contributed by atoms with van der Waals surface area (Å²) in [5.74, 6) is 0.535. The van der Waals surface area contributed by atoms with Crippen LogP contribution in [0, 0.1) is 5.92 Å². The van der Waals surface area contributed by atoms with Crippen molar-refractivity contribution in [1.29, 1.82) is 0 Å². The Labute approximate surface area is 197 Å². The van der Waals surface area contributed by atoms with E-state index in [2.05, 4.69) is 16.2 Å². The topological polar surface area (TPSA) is 78.7 Å². The Morgan fingerprint density at radius 2 is 1.91 bits per heavy atom. The molecule has 3 aromatic rings. The molecule has 0 saturated carbocycles. The largest absolute Gasteiger partial charge is 0.411 e. The standard InChI is InChI=1S/C26H25ClN4O2/c27-20-3-4-21-22(16-20)23(30-33)15-19-2-1-9-29-26(19)25(21)18-7-12-31(13-8-18)24(32)14-17-5-10-28-11-6-17/h1-6,9-11,16,18,25,33H,7-8,12-15H2. The molecule has 1 aliphatic heterocycles. The highest BCUT2D eigenvalue weighted by Gasteiger charge is 2.36. The number of carbonyl (C=O) groups is 1. The first-order valence-electron chi connectivity index (χ1n) is 11.2. The molecule has 0 spiro atoms. The molecular weight excluding hydrogens is 436 g/mol. The van der Waals surface area contributed by atoms with Crippen molar-refractivity contribution in [2.45, 2.75) is 31.6 Å². The van der Waals surface area contributed by atoms with Gasteiger partial charge in [-0.2, -0.15) is 0 Å². The average Bonchev–Trinajstić information content (AvgIpc) is 2.99. The van der Waals surface area contributed by atoms with Gasteiger partial charge in [-0.05, 0) is 65.8 Å². The number of hydrogen-bond acceptors (Lipinski definition) is 5. The van der Waals surface area contributed by atoms with Gasteiger partial charge in [0.15, 0.2) is 0 Å². The third kappa shape index (κ3) is 4.35. The van der Waals surface area contributed by atoms with E-state index in [0.717, 1.165) is 53.9 Å². The van der Waals surface area contributed by atoms with E-state index in [1.807, 2.05) is 47.5 Å². The zero-order chi connectivity index (χ0) is 22.8. The summed E-state index contributed by atoms with van der Waals surface area (Å²) >= 11 is 6.32. The fourth-order valence-electron chi connectivity index (χ4n) is 5.19. The molecule has 2 aliphatic rings. The molecule has 0 bridgehead atoms. The first kappa shape index (κ1) is 21.6. The van der Waals surface area contributed by atoms with Crippen LogP contribution in [0.2, 0.25) is 5.02 Å². The number of halogens is 1. The summed E-state index contributed by atoms with van der Waals surface area (Å²) in [6.45, 7) is 1.44. The molecule has 33 heavy (non-hydrogen) atoms. The smallest absolute Gasteiger partial charge is 0.226 e. The number of oxime groups is 1. The van der Waals surface area contributed by atoms with Crippen LogP contribution in [-0.4, -0.2) is 44.8 Å². The summed E-state index contributed by atoms with van der Waals surface area (Å²) < 4.78 is 0. The van der Waals surface area contributed by atoms with Crippen LogP contribution in [0.25, 0.3) is 0 Å². The fourth-order valence-corrected chi connectivity index (χ4v) is 5.36. The molecular formula is C26H25ClN4O2. The van der Waals surface area contributed by atoms with Crippen molar-refractivity contribution in [3.63, 3.8) is 0 Å². The zero-order valence-corrected chi connectivity index (χ0v) is 18.9. The minimum atomic E-state index is 0.0603. The maximum absolute atomic E-state index is 12.9. The molecule has 1 unspecified atom stereocenters. The van der Waals surface area contributed by atoms with Gasteiger partial charge in [0.1, 0.15) is 0 Å². The lowest BCUT2D eigenvalue weighted by molar-refractivity contribution is -0.131. The Morgan fingerprint density at radius 3 is 2.67 bits per heavy atom. The molecule has 7 heteroatoms. The molecule has 1 amide bonds. The molecule has 168 valence electrons. The molecule has 5 rings (SSSR count). The van der Waals surface area contributed by atoms with Gasteiger partial charge >= 0.3 is 0 Å². The summed E-state index contributed by atoms with van der Waals surface area (Å²) in [6, 6.07) is 13.6. The number of likely N-dealkylation sites (tertiary alicyclic amines) is 1. The first-order chi connectivity index (χ1) is 16.1. The Kier molecular flexibility index (Phi) is 6.09. The maximum atomic E-state index is 12.9. The lowest BCUT2D eigenvalue weighted by Crippen LogP contribution is -2.40. The van der Waals surface area contributed by atoms with E-state index in [4.69, 9.17) is 16.6 Å². The number of pyridine rings is 2. The second kappa shape index (κ2) is 9.32. The van der Waals surface area contributed by atoms with E-state index in [1.165, 1.54) is 0 Å². The summed E-state index contributed by atoms with van der Waals surface area (Å²) in [5, 5.41) is 14.0. The van der Waals surface area contributed by atoms with Crippen LogP contribution in [0.4, 0.5) is 0 Å². The van der Waals surface area contributed by atoms with Gasteiger partial charge in [0.25, 0.3) is 0 Å². The zero-order valence-electron chi connectivity index (χ0n) is 18.2. The minimum Gasteiger partial charge on any atom is -0.411 e. The lowest BCUT2D eigenvalue weighted by Gasteiger charge is -2.36. The van der Waals surface area contributed by atoms with Gasteiger partial charge < -0.3 is 10.1 Å². The summed E-state index contributed by atoms with van der Waals surface area (Å²) in [4.78, 5) is 23.6. The fraction of sp³-hybridized carbons (Fsp3) is 0.308. The van der Waals surface area contributed by atoms with Crippen molar-refractivity contribution in [3.05, 3.63) is 94.0 Å². The predicted molar refractivity (Wildman–Crippen MR) is 127 cm³/mol. The first-order valence-corrected chi connectivity index (χ1v) is 11.6.